The van der Waals surface area contributed by atoms with Crippen LogP contribution in [0.4, 0.5) is 0 Å². The first-order valence-electron chi connectivity index (χ1n) is 8.02. The summed E-state index contributed by atoms with van der Waals surface area (Å²) in [7, 11) is 0. The maximum absolute atomic E-state index is 12.2. The Hall–Kier alpha value is -1.65. The number of nitrogens with zero attached hydrogens (tertiary/aromatic N) is 2. The standard InChI is InChI=1S/C18H26N2O2/c1-3-17(14-21)19-9-11-20(12-10-19)18(22)8-7-16-6-4-5-15(2)13-16/h4-8,13,17,21H,3,9-12,14H2,1-2H3/b8-7+. The van der Waals surface area contributed by atoms with Gasteiger partial charge in [-0.05, 0) is 25.0 Å². The van der Waals surface area contributed by atoms with Gasteiger partial charge in [0.25, 0.3) is 0 Å². The van der Waals surface area contributed by atoms with Crippen LogP contribution in [0, 0.1) is 6.92 Å². The van der Waals surface area contributed by atoms with Gasteiger partial charge in [-0.3, -0.25) is 9.69 Å². The van der Waals surface area contributed by atoms with Crippen LogP contribution in [0.2, 0.25) is 0 Å². The summed E-state index contributed by atoms with van der Waals surface area (Å²) in [5.41, 5.74) is 2.25. The van der Waals surface area contributed by atoms with Crippen molar-refractivity contribution < 1.29 is 9.90 Å². The van der Waals surface area contributed by atoms with Crippen LogP contribution in [0.25, 0.3) is 6.08 Å². The molecule has 1 atom stereocenters. The van der Waals surface area contributed by atoms with Gasteiger partial charge in [0.2, 0.25) is 5.91 Å². The van der Waals surface area contributed by atoms with Gasteiger partial charge in [0.1, 0.15) is 0 Å². The monoisotopic (exact) mass is 302 g/mol. The van der Waals surface area contributed by atoms with Crippen molar-refractivity contribution in [2.24, 2.45) is 0 Å². The summed E-state index contributed by atoms with van der Waals surface area (Å²) < 4.78 is 0. The second kappa shape index (κ2) is 8.11. The van der Waals surface area contributed by atoms with Crippen LogP contribution in [-0.4, -0.2) is 59.6 Å². The number of carbonyl (C=O) groups excluding carboxylic acids is 1. The van der Waals surface area contributed by atoms with E-state index < -0.39 is 0 Å². The van der Waals surface area contributed by atoms with Gasteiger partial charge in [0.15, 0.2) is 0 Å². The number of piperazine rings is 1. The molecule has 1 unspecified atom stereocenters. The fourth-order valence-corrected chi connectivity index (χ4v) is 2.86. The summed E-state index contributed by atoms with van der Waals surface area (Å²) in [6.45, 7) is 7.46. The van der Waals surface area contributed by atoms with Gasteiger partial charge in [-0.2, -0.15) is 0 Å². The number of rotatable bonds is 5. The van der Waals surface area contributed by atoms with Gasteiger partial charge >= 0.3 is 0 Å². The lowest BCUT2D eigenvalue weighted by atomic mass is 10.1. The first-order chi connectivity index (χ1) is 10.6. The van der Waals surface area contributed by atoms with E-state index >= 15 is 0 Å². The third kappa shape index (κ3) is 4.42. The number of aryl methyl sites for hydroxylation is 1. The molecule has 0 saturated carbocycles. The number of amides is 1. The summed E-state index contributed by atoms with van der Waals surface area (Å²) in [4.78, 5) is 16.4. The molecule has 22 heavy (non-hydrogen) atoms. The minimum absolute atomic E-state index is 0.0678. The molecule has 120 valence electrons. The Kier molecular flexibility index (Phi) is 6.16. The van der Waals surface area contributed by atoms with Crippen LogP contribution in [0.5, 0.6) is 0 Å². The average Bonchev–Trinajstić information content (AvgIpc) is 2.54. The summed E-state index contributed by atoms with van der Waals surface area (Å²) in [6.07, 6.45) is 4.48. The molecule has 1 amide bonds. The molecule has 1 heterocycles. The first kappa shape index (κ1) is 16.7. The fourth-order valence-electron chi connectivity index (χ4n) is 2.86. The van der Waals surface area contributed by atoms with E-state index in [-0.39, 0.29) is 18.6 Å². The number of carbonyl (C=O) groups is 1. The Balaban J connectivity index is 1.87. The largest absolute Gasteiger partial charge is 0.395 e. The molecule has 0 radical (unpaired) electrons. The average molecular weight is 302 g/mol. The van der Waals surface area contributed by atoms with E-state index in [1.165, 1.54) is 5.56 Å². The molecule has 4 heteroatoms. The fraction of sp³-hybridized carbons (Fsp3) is 0.500. The first-order valence-corrected chi connectivity index (χ1v) is 8.02. The van der Waals surface area contributed by atoms with Gasteiger partial charge < -0.3 is 10.0 Å². The highest BCUT2D eigenvalue weighted by Gasteiger charge is 2.23. The lowest BCUT2D eigenvalue weighted by Gasteiger charge is -2.38. The van der Waals surface area contributed by atoms with E-state index in [1.54, 1.807) is 6.08 Å². The number of hydrogen-bond donors (Lipinski definition) is 1. The van der Waals surface area contributed by atoms with Crippen molar-refractivity contribution in [1.82, 2.24) is 9.80 Å². The summed E-state index contributed by atoms with van der Waals surface area (Å²) in [5.74, 6) is 0.0678. The number of aliphatic hydroxyl groups excluding tert-OH is 1. The Bertz CT molecular complexity index is 516. The lowest BCUT2D eigenvalue weighted by Crippen LogP contribution is -2.52. The predicted molar refractivity (Wildman–Crippen MR) is 89.5 cm³/mol. The Labute approximate surface area is 133 Å². The molecule has 1 aromatic rings. The molecule has 1 aliphatic rings. The molecule has 0 aliphatic carbocycles. The SMILES string of the molecule is CCC(CO)N1CCN(C(=O)/C=C/c2cccc(C)c2)CC1. The quantitative estimate of drug-likeness (QED) is 0.845. The molecule has 1 saturated heterocycles. The van der Waals surface area contributed by atoms with Crippen molar-refractivity contribution in [1.29, 1.82) is 0 Å². The molecule has 1 aromatic carbocycles. The maximum atomic E-state index is 12.2. The van der Waals surface area contributed by atoms with E-state index in [4.69, 9.17) is 0 Å². The molecule has 1 aliphatic heterocycles. The van der Waals surface area contributed by atoms with Crippen molar-refractivity contribution in [3.8, 4) is 0 Å². The van der Waals surface area contributed by atoms with Crippen molar-refractivity contribution >= 4 is 12.0 Å². The van der Waals surface area contributed by atoms with E-state index in [0.29, 0.717) is 0 Å². The predicted octanol–water partition coefficient (Wildman–Crippen LogP) is 1.92. The summed E-state index contributed by atoms with van der Waals surface area (Å²) in [5, 5.41) is 9.35. The normalized spacial score (nSPS) is 17.9. The van der Waals surface area contributed by atoms with Crippen LogP contribution in [0.1, 0.15) is 24.5 Å². The topological polar surface area (TPSA) is 43.8 Å². The van der Waals surface area contributed by atoms with Crippen molar-refractivity contribution in [2.75, 3.05) is 32.8 Å². The van der Waals surface area contributed by atoms with Crippen LogP contribution >= 0.6 is 0 Å². The number of hydrogen-bond acceptors (Lipinski definition) is 3. The van der Waals surface area contributed by atoms with Gasteiger partial charge in [-0.15, -0.1) is 0 Å². The molecule has 0 spiro atoms. The Morgan fingerprint density at radius 2 is 2.05 bits per heavy atom. The van der Waals surface area contributed by atoms with Crippen LogP contribution in [-0.2, 0) is 4.79 Å². The van der Waals surface area contributed by atoms with Gasteiger partial charge in [0.05, 0.1) is 6.61 Å². The molecule has 0 bridgehead atoms. The van der Waals surface area contributed by atoms with E-state index in [9.17, 15) is 9.90 Å². The van der Waals surface area contributed by atoms with Crippen LogP contribution in [0.3, 0.4) is 0 Å². The van der Waals surface area contributed by atoms with Crippen molar-refractivity contribution in [2.45, 2.75) is 26.3 Å². The molecule has 0 aromatic heterocycles. The minimum atomic E-state index is 0.0678. The smallest absolute Gasteiger partial charge is 0.246 e. The molecule has 1 N–H and O–H groups in total. The number of benzene rings is 1. The maximum Gasteiger partial charge on any atom is 0.246 e. The molecular weight excluding hydrogens is 276 g/mol. The Morgan fingerprint density at radius 1 is 1.32 bits per heavy atom. The van der Waals surface area contributed by atoms with Crippen LogP contribution in [0.15, 0.2) is 30.3 Å². The van der Waals surface area contributed by atoms with Crippen molar-refractivity contribution in [3.05, 3.63) is 41.5 Å². The van der Waals surface area contributed by atoms with Crippen LogP contribution < -0.4 is 0 Å². The zero-order valence-corrected chi connectivity index (χ0v) is 13.5. The van der Waals surface area contributed by atoms with E-state index in [1.807, 2.05) is 36.1 Å². The lowest BCUT2D eigenvalue weighted by molar-refractivity contribution is -0.128. The summed E-state index contributed by atoms with van der Waals surface area (Å²) in [6, 6.07) is 8.33. The zero-order valence-electron chi connectivity index (χ0n) is 13.5. The molecule has 2 rings (SSSR count). The Morgan fingerprint density at radius 3 is 2.64 bits per heavy atom. The molecule has 1 fully saturated rings. The third-order valence-corrected chi connectivity index (χ3v) is 4.28. The van der Waals surface area contributed by atoms with Gasteiger partial charge in [-0.1, -0.05) is 36.8 Å². The molecular formula is C18H26N2O2. The van der Waals surface area contributed by atoms with E-state index in [0.717, 1.165) is 38.2 Å². The third-order valence-electron chi connectivity index (χ3n) is 4.28. The highest BCUT2D eigenvalue weighted by molar-refractivity contribution is 5.91. The highest BCUT2D eigenvalue weighted by atomic mass is 16.3. The second-order valence-corrected chi connectivity index (χ2v) is 5.85. The number of aliphatic hydroxyl groups is 1. The summed E-state index contributed by atoms with van der Waals surface area (Å²) >= 11 is 0. The molecule has 4 nitrogen and oxygen atoms in total. The van der Waals surface area contributed by atoms with Gasteiger partial charge in [-0.25, -0.2) is 0 Å². The second-order valence-electron chi connectivity index (χ2n) is 5.85. The zero-order chi connectivity index (χ0) is 15.9. The van der Waals surface area contributed by atoms with Crippen molar-refractivity contribution in [3.63, 3.8) is 0 Å². The highest BCUT2D eigenvalue weighted by Crippen LogP contribution is 2.10. The van der Waals surface area contributed by atoms with E-state index in [2.05, 4.69) is 17.9 Å². The minimum Gasteiger partial charge on any atom is -0.395 e. The van der Waals surface area contributed by atoms with Gasteiger partial charge in [0, 0.05) is 38.3 Å².